The van der Waals surface area contributed by atoms with Crippen molar-refractivity contribution in [3.63, 3.8) is 0 Å². The van der Waals surface area contributed by atoms with Crippen molar-refractivity contribution in [2.75, 3.05) is 19.8 Å². The second-order valence-corrected chi connectivity index (χ2v) is 5.92. The number of ether oxygens (including phenoxy) is 2. The van der Waals surface area contributed by atoms with E-state index in [2.05, 4.69) is 12.2 Å². The lowest BCUT2D eigenvalue weighted by molar-refractivity contribution is 0.171. The molecule has 1 aromatic rings. The van der Waals surface area contributed by atoms with E-state index in [0.717, 1.165) is 24.4 Å². The Kier molecular flexibility index (Phi) is 3.12. The topological polar surface area (TPSA) is 30.5 Å². The molecule has 0 radical (unpaired) electrons. The van der Waals surface area contributed by atoms with Crippen molar-refractivity contribution in [3.05, 3.63) is 22.7 Å². The van der Waals surface area contributed by atoms with Gasteiger partial charge in [0.25, 0.3) is 0 Å². The molecule has 3 rings (SSSR count). The zero-order valence-corrected chi connectivity index (χ0v) is 11.3. The van der Waals surface area contributed by atoms with Crippen LogP contribution in [0.15, 0.2) is 12.1 Å². The predicted octanol–water partition coefficient (Wildman–Crippen LogP) is 3.00. The summed E-state index contributed by atoms with van der Waals surface area (Å²) in [5.41, 5.74) is 1.67. The monoisotopic (exact) mass is 267 g/mol. The largest absolute Gasteiger partial charge is 0.486 e. The van der Waals surface area contributed by atoms with Crippen LogP contribution in [0.25, 0.3) is 0 Å². The van der Waals surface area contributed by atoms with Crippen LogP contribution in [0.5, 0.6) is 11.5 Å². The van der Waals surface area contributed by atoms with E-state index < -0.39 is 0 Å². The van der Waals surface area contributed by atoms with E-state index >= 15 is 0 Å². The van der Waals surface area contributed by atoms with E-state index in [1.807, 2.05) is 12.1 Å². The first-order valence-corrected chi connectivity index (χ1v) is 6.83. The summed E-state index contributed by atoms with van der Waals surface area (Å²) in [5.74, 6) is 1.45. The Labute approximate surface area is 112 Å². The minimum Gasteiger partial charge on any atom is -0.486 e. The van der Waals surface area contributed by atoms with Gasteiger partial charge in [-0.3, -0.25) is 0 Å². The molecule has 4 heteroatoms. The lowest BCUT2D eigenvalue weighted by Gasteiger charge is -2.20. The second-order valence-electron chi connectivity index (χ2n) is 5.52. The van der Waals surface area contributed by atoms with Crippen molar-refractivity contribution in [2.24, 2.45) is 5.41 Å². The van der Waals surface area contributed by atoms with Crippen LogP contribution in [0.3, 0.4) is 0 Å². The van der Waals surface area contributed by atoms with Gasteiger partial charge in [-0.15, -0.1) is 0 Å². The number of hydrogen-bond donors (Lipinski definition) is 1. The van der Waals surface area contributed by atoms with Gasteiger partial charge >= 0.3 is 0 Å². The van der Waals surface area contributed by atoms with Crippen molar-refractivity contribution in [1.29, 1.82) is 0 Å². The van der Waals surface area contributed by atoms with Gasteiger partial charge in [-0.05, 0) is 36.0 Å². The highest BCUT2D eigenvalue weighted by atomic mass is 35.5. The molecule has 1 N–H and O–H groups in total. The van der Waals surface area contributed by atoms with Crippen LogP contribution in [-0.4, -0.2) is 19.8 Å². The summed E-state index contributed by atoms with van der Waals surface area (Å²) >= 11 is 6.20. The molecule has 0 amide bonds. The molecular weight excluding hydrogens is 250 g/mol. The van der Waals surface area contributed by atoms with Crippen LogP contribution in [0.2, 0.25) is 5.02 Å². The third-order valence-corrected chi connectivity index (χ3v) is 3.92. The molecular formula is C14H18ClNO2. The van der Waals surface area contributed by atoms with Crippen molar-refractivity contribution in [3.8, 4) is 11.5 Å². The van der Waals surface area contributed by atoms with Gasteiger partial charge in [-0.2, -0.15) is 0 Å². The third kappa shape index (κ3) is 2.57. The Balaban J connectivity index is 1.66. The highest BCUT2D eigenvalue weighted by molar-refractivity contribution is 6.32. The Morgan fingerprint density at radius 1 is 1.28 bits per heavy atom. The highest BCUT2D eigenvalue weighted by Crippen LogP contribution is 2.44. The Morgan fingerprint density at radius 3 is 2.83 bits per heavy atom. The van der Waals surface area contributed by atoms with Crippen LogP contribution in [0, 0.1) is 5.41 Å². The lowest BCUT2D eigenvalue weighted by atomic mass is 10.1. The fourth-order valence-corrected chi connectivity index (χ4v) is 2.45. The van der Waals surface area contributed by atoms with Crippen molar-refractivity contribution in [2.45, 2.75) is 26.3 Å². The zero-order chi connectivity index (χ0) is 12.6. The molecule has 18 heavy (non-hydrogen) atoms. The van der Waals surface area contributed by atoms with Gasteiger partial charge in [0.1, 0.15) is 13.2 Å². The maximum atomic E-state index is 6.20. The summed E-state index contributed by atoms with van der Waals surface area (Å²) in [6, 6.07) is 3.97. The average molecular weight is 268 g/mol. The quantitative estimate of drug-likeness (QED) is 0.910. The number of benzene rings is 1. The maximum absolute atomic E-state index is 6.20. The third-order valence-electron chi connectivity index (χ3n) is 3.64. The molecule has 0 saturated heterocycles. The number of rotatable bonds is 4. The van der Waals surface area contributed by atoms with Crippen molar-refractivity contribution < 1.29 is 9.47 Å². The van der Waals surface area contributed by atoms with E-state index in [1.54, 1.807) is 0 Å². The van der Waals surface area contributed by atoms with E-state index in [1.165, 1.54) is 12.8 Å². The summed E-state index contributed by atoms with van der Waals surface area (Å²) in [5, 5.41) is 4.12. The molecule has 1 aliphatic carbocycles. The van der Waals surface area contributed by atoms with E-state index in [0.29, 0.717) is 29.4 Å². The van der Waals surface area contributed by atoms with Gasteiger partial charge in [0.2, 0.25) is 0 Å². The molecule has 1 aliphatic heterocycles. The molecule has 0 spiro atoms. The van der Waals surface area contributed by atoms with Gasteiger partial charge in [-0.1, -0.05) is 18.5 Å². The van der Waals surface area contributed by atoms with Gasteiger partial charge in [0.15, 0.2) is 11.5 Å². The van der Waals surface area contributed by atoms with Crippen LogP contribution in [0.1, 0.15) is 25.3 Å². The minimum absolute atomic E-state index is 0.525. The SMILES string of the molecule is CC1(CNCc2cc(Cl)c3c(c2)OCCO3)CC1. The Hall–Kier alpha value is -0.930. The maximum Gasteiger partial charge on any atom is 0.179 e. The molecule has 0 aromatic heterocycles. The fourth-order valence-electron chi connectivity index (χ4n) is 2.17. The summed E-state index contributed by atoms with van der Waals surface area (Å²) < 4.78 is 11.1. The smallest absolute Gasteiger partial charge is 0.179 e. The molecule has 1 heterocycles. The fraction of sp³-hybridized carbons (Fsp3) is 0.571. The first-order chi connectivity index (χ1) is 8.66. The molecule has 0 atom stereocenters. The number of nitrogens with one attached hydrogen (secondary N) is 1. The molecule has 1 saturated carbocycles. The van der Waals surface area contributed by atoms with Crippen LogP contribution < -0.4 is 14.8 Å². The van der Waals surface area contributed by atoms with Crippen LogP contribution in [0.4, 0.5) is 0 Å². The van der Waals surface area contributed by atoms with E-state index in [4.69, 9.17) is 21.1 Å². The first-order valence-electron chi connectivity index (χ1n) is 6.45. The Morgan fingerprint density at radius 2 is 2.06 bits per heavy atom. The predicted molar refractivity (Wildman–Crippen MR) is 71.5 cm³/mol. The number of fused-ring (bicyclic) bond motifs is 1. The first kappa shape index (κ1) is 12.1. The number of hydrogen-bond acceptors (Lipinski definition) is 3. The summed E-state index contributed by atoms with van der Waals surface area (Å²) in [6.45, 7) is 5.38. The van der Waals surface area contributed by atoms with Gasteiger partial charge < -0.3 is 14.8 Å². The zero-order valence-electron chi connectivity index (χ0n) is 10.6. The highest BCUT2D eigenvalue weighted by Gasteiger charge is 2.36. The van der Waals surface area contributed by atoms with Crippen molar-refractivity contribution >= 4 is 11.6 Å². The number of halogens is 1. The minimum atomic E-state index is 0.525. The standard InChI is InChI=1S/C14H18ClNO2/c1-14(2-3-14)9-16-8-10-6-11(15)13-12(7-10)17-4-5-18-13/h6-7,16H,2-5,8-9H2,1H3. The summed E-state index contributed by atoms with van der Waals surface area (Å²) in [4.78, 5) is 0. The Bertz CT molecular complexity index is 457. The molecule has 0 unspecified atom stereocenters. The van der Waals surface area contributed by atoms with Crippen LogP contribution >= 0.6 is 11.6 Å². The van der Waals surface area contributed by atoms with E-state index in [-0.39, 0.29) is 0 Å². The average Bonchev–Trinajstić information content (AvgIpc) is 3.07. The van der Waals surface area contributed by atoms with Crippen molar-refractivity contribution in [1.82, 2.24) is 5.32 Å². The molecule has 1 aromatic carbocycles. The van der Waals surface area contributed by atoms with Gasteiger partial charge in [-0.25, -0.2) is 0 Å². The molecule has 1 fully saturated rings. The van der Waals surface area contributed by atoms with E-state index in [9.17, 15) is 0 Å². The molecule has 3 nitrogen and oxygen atoms in total. The van der Waals surface area contributed by atoms with Gasteiger partial charge in [0, 0.05) is 13.1 Å². The molecule has 0 bridgehead atoms. The summed E-state index contributed by atoms with van der Waals surface area (Å²) in [7, 11) is 0. The van der Waals surface area contributed by atoms with Gasteiger partial charge in [0.05, 0.1) is 5.02 Å². The second kappa shape index (κ2) is 4.63. The molecule has 98 valence electrons. The lowest BCUT2D eigenvalue weighted by Crippen LogP contribution is -2.22. The molecule has 2 aliphatic rings. The normalized spacial score (nSPS) is 19.7. The van der Waals surface area contributed by atoms with Crippen LogP contribution in [-0.2, 0) is 6.54 Å². The summed E-state index contributed by atoms with van der Waals surface area (Å²) in [6.07, 6.45) is 2.67.